The Hall–Kier alpha value is -0.253. The number of rotatable bonds is 5. The molecule has 0 aliphatic heterocycles. The van der Waals surface area contributed by atoms with E-state index in [-0.39, 0.29) is 0 Å². The summed E-state index contributed by atoms with van der Waals surface area (Å²) >= 11 is 1.82. The molecule has 1 saturated carbocycles. The molecular formula is C20H34OSSi. The lowest BCUT2D eigenvalue weighted by atomic mass is 9.83. The van der Waals surface area contributed by atoms with Crippen LogP contribution >= 0.6 is 11.8 Å². The van der Waals surface area contributed by atoms with Gasteiger partial charge in [-0.25, -0.2) is 0 Å². The highest BCUT2D eigenvalue weighted by molar-refractivity contribution is 7.98. The summed E-state index contributed by atoms with van der Waals surface area (Å²) in [5.74, 6) is 0.842. The van der Waals surface area contributed by atoms with Crippen LogP contribution in [-0.2, 0) is 10.8 Å². The van der Waals surface area contributed by atoms with Crippen LogP contribution in [0.3, 0.4) is 0 Å². The van der Waals surface area contributed by atoms with Crippen molar-refractivity contribution in [1.82, 2.24) is 0 Å². The van der Waals surface area contributed by atoms with E-state index in [1.54, 1.807) is 0 Å². The molecule has 1 fully saturated rings. The summed E-state index contributed by atoms with van der Waals surface area (Å²) in [4.78, 5) is 1.36. The largest absolute Gasteiger partial charge is 0.414 e. The van der Waals surface area contributed by atoms with E-state index in [0.29, 0.717) is 11.1 Å². The average molecular weight is 351 g/mol. The minimum Gasteiger partial charge on any atom is -0.414 e. The summed E-state index contributed by atoms with van der Waals surface area (Å²) < 4.78 is 6.61. The van der Waals surface area contributed by atoms with E-state index in [1.165, 1.54) is 42.6 Å². The van der Waals surface area contributed by atoms with Gasteiger partial charge >= 0.3 is 0 Å². The molecule has 0 N–H and O–H groups in total. The van der Waals surface area contributed by atoms with Crippen molar-refractivity contribution in [3.63, 3.8) is 0 Å². The molecule has 1 nitrogen and oxygen atoms in total. The Labute approximate surface area is 148 Å². The first-order valence-electron chi connectivity index (χ1n) is 9.02. The molecule has 1 aromatic rings. The zero-order chi connectivity index (χ0) is 17.1. The molecule has 0 saturated heterocycles. The lowest BCUT2D eigenvalue weighted by molar-refractivity contribution is 0.116. The highest BCUT2D eigenvalue weighted by Gasteiger charge is 2.39. The van der Waals surface area contributed by atoms with Crippen LogP contribution < -0.4 is 0 Å². The standard InChI is InChI=1S/C20H34OSSi/c1-20(2,3)23(5,6)21-18-11-7-16(8-12-18)15-17-9-13-19(22-4)14-10-17/h9-10,13-14,16,18H,7-8,11-12,15H2,1-6H3. The third kappa shape index (κ3) is 5.37. The van der Waals surface area contributed by atoms with E-state index in [0.717, 1.165) is 5.92 Å². The highest BCUT2D eigenvalue weighted by atomic mass is 32.2. The van der Waals surface area contributed by atoms with Gasteiger partial charge in [-0.2, -0.15) is 0 Å². The van der Waals surface area contributed by atoms with E-state index >= 15 is 0 Å². The second-order valence-electron chi connectivity index (χ2n) is 8.57. The van der Waals surface area contributed by atoms with Gasteiger partial charge in [-0.05, 0) is 80.1 Å². The van der Waals surface area contributed by atoms with Crippen LogP contribution in [0.4, 0.5) is 0 Å². The lowest BCUT2D eigenvalue weighted by Crippen LogP contribution is -2.44. The van der Waals surface area contributed by atoms with Crippen molar-refractivity contribution in [1.29, 1.82) is 0 Å². The molecule has 1 aliphatic rings. The Kier molecular flexibility index (Phi) is 6.43. The Bertz CT molecular complexity index is 481. The maximum atomic E-state index is 6.61. The van der Waals surface area contributed by atoms with E-state index in [9.17, 15) is 0 Å². The Morgan fingerprint density at radius 1 is 1.04 bits per heavy atom. The number of thioether (sulfide) groups is 1. The van der Waals surface area contributed by atoms with Gasteiger partial charge in [-0.15, -0.1) is 11.8 Å². The predicted molar refractivity (Wildman–Crippen MR) is 106 cm³/mol. The first kappa shape index (κ1) is 19.1. The SMILES string of the molecule is CSc1ccc(CC2CCC(O[Si](C)(C)C(C)(C)C)CC2)cc1. The molecule has 0 aromatic heterocycles. The molecule has 0 amide bonds. The molecular weight excluding hydrogens is 316 g/mol. The molecule has 0 bridgehead atoms. The molecule has 2 rings (SSSR count). The van der Waals surface area contributed by atoms with Crippen molar-refractivity contribution in [2.24, 2.45) is 5.92 Å². The lowest BCUT2D eigenvalue weighted by Gasteiger charge is -2.41. The van der Waals surface area contributed by atoms with Crippen molar-refractivity contribution in [2.45, 2.75) is 82.0 Å². The smallest absolute Gasteiger partial charge is 0.192 e. The Morgan fingerprint density at radius 3 is 2.09 bits per heavy atom. The molecule has 0 radical (unpaired) electrons. The van der Waals surface area contributed by atoms with Crippen molar-refractivity contribution >= 4 is 20.1 Å². The molecule has 0 heterocycles. The zero-order valence-electron chi connectivity index (χ0n) is 15.8. The van der Waals surface area contributed by atoms with Crippen molar-refractivity contribution < 1.29 is 4.43 Å². The number of hydrogen-bond acceptors (Lipinski definition) is 2. The quantitative estimate of drug-likeness (QED) is 0.441. The van der Waals surface area contributed by atoms with Gasteiger partial charge in [0.2, 0.25) is 0 Å². The fourth-order valence-electron chi connectivity index (χ4n) is 3.14. The summed E-state index contributed by atoms with van der Waals surface area (Å²) in [5.41, 5.74) is 1.50. The van der Waals surface area contributed by atoms with Crippen molar-refractivity contribution in [2.75, 3.05) is 6.26 Å². The first-order valence-corrected chi connectivity index (χ1v) is 13.2. The van der Waals surface area contributed by atoms with Crippen LogP contribution in [0.5, 0.6) is 0 Å². The van der Waals surface area contributed by atoms with Crippen LogP contribution in [0.2, 0.25) is 18.1 Å². The molecule has 0 unspecified atom stereocenters. The molecule has 130 valence electrons. The molecule has 0 atom stereocenters. The summed E-state index contributed by atoms with van der Waals surface area (Å²) in [6, 6.07) is 9.13. The zero-order valence-corrected chi connectivity index (χ0v) is 17.6. The van der Waals surface area contributed by atoms with Gasteiger partial charge in [0, 0.05) is 11.0 Å². The maximum Gasteiger partial charge on any atom is 0.192 e. The maximum absolute atomic E-state index is 6.61. The first-order chi connectivity index (χ1) is 10.7. The van der Waals surface area contributed by atoms with Gasteiger partial charge in [0.15, 0.2) is 8.32 Å². The minimum atomic E-state index is -1.60. The van der Waals surface area contributed by atoms with Crippen LogP contribution in [0.25, 0.3) is 0 Å². The van der Waals surface area contributed by atoms with E-state index in [4.69, 9.17) is 4.43 Å². The monoisotopic (exact) mass is 350 g/mol. The van der Waals surface area contributed by atoms with Crippen LogP contribution in [0.1, 0.15) is 52.0 Å². The second kappa shape index (κ2) is 7.75. The fourth-order valence-corrected chi connectivity index (χ4v) is 4.97. The van der Waals surface area contributed by atoms with Gasteiger partial charge in [0.05, 0.1) is 0 Å². The van der Waals surface area contributed by atoms with Gasteiger partial charge in [0.25, 0.3) is 0 Å². The molecule has 1 aliphatic carbocycles. The highest BCUT2D eigenvalue weighted by Crippen LogP contribution is 2.40. The van der Waals surface area contributed by atoms with E-state index in [1.807, 2.05) is 11.8 Å². The second-order valence-corrected chi connectivity index (χ2v) is 14.2. The van der Waals surface area contributed by atoms with Crippen LogP contribution in [-0.4, -0.2) is 20.7 Å². The third-order valence-corrected chi connectivity index (χ3v) is 11.0. The Morgan fingerprint density at radius 2 is 1.61 bits per heavy atom. The summed E-state index contributed by atoms with van der Waals surface area (Å²) in [5, 5.41) is 0.322. The third-order valence-electron chi connectivity index (χ3n) is 5.74. The summed E-state index contributed by atoms with van der Waals surface area (Å²) in [7, 11) is -1.60. The fraction of sp³-hybridized carbons (Fsp3) is 0.700. The van der Waals surface area contributed by atoms with Gasteiger partial charge in [-0.1, -0.05) is 32.9 Å². The molecule has 23 heavy (non-hydrogen) atoms. The average Bonchev–Trinajstić information content (AvgIpc) is 2.48. The summed E-state index contributed by atoms with van der Waals surface area (Å²) in [6.07, 6.45) is 9.03. The number of hydrogen-bond donors (Lipinski definition) is 0. The Balaban J connectivity index is 1.81. The van der Waals surface area contributed by atoms with E-state index < -0.39 is 8.32 Å². The van der Waals surface area contributed by atoms with Gasteiger partial charge < -0.3 is 4.43 Å². The normalized spacial score (nSPS) is 23.0. The van der Waals surface area contributed by atoms with Gasteiger partial charge in [0.1, 0.15) is 0 Å². The molecule has 0 spiro atoms. The molecule has 1 aromatic carbocycles. The summed E-state index contributed by atoms with van der Waals surface area (Å²) in [6.45, 7) is 11.8. The van der Waals surface area contributed by atoms with Gasteiger partial charge in [-0.3, -0.25) is 0 Å². The van der Waals surface area contributed by atoms with E-state index in [2.05, 4.69) is 64.4 Å². The topological polar surface area (TPSA) is 9.23 Å². The predicted octanol–water partition coefficient (Wildman–Crippen LogP) is 6.53. The minimum absolute atomic E-state index is 0.322. The van der Waals surface area contributed by atoms with Crippen LogP contribution in [0, 0.1) is 5.92 Å². The van der Waals surface area contributed by atoms with Crippen molar-refractivity contribution in [3.8, 4) is 0 Å². The number of benzene rings is 1. The molecule has 3 heteroatoms. The van der Waals surface area contributed by atoms with Crippen LogP contribution in [0.15, 0.2) is 29.2 Å². The van der Waals surface area contributed by atoms with Crippen molar-refractivity contribution in [3.05, 3.63) is 29.8 Å².